The highest BCUT2D eigenvalue weighted by atomic mass is 19.4. The lowest BCUT2D eigenvalue weighted by atomic mass is 9.99. The third-order valence-electron chi connectivity index (χ3n) is 1.46. The summed E-state index contributed by atoms with van der Waals surface area (Å²) in [5.41, 5.74) is -3.79. The van der Waals surface area contributed by atoms with Crippen LogP contribution in [0.5, 0.6) is 0 Å². The maximum absolute atomic E-state index is 12.0. The van der Waals surface area contributed by atoms with Gasteiger partial charge in [-0.15, -0.1) is 0 Å². The summed E-state index contributed by atoms with van der Waals surface area (Å²) in [5.74, 6) is -2.54. The molecule has 6 heteroatoms. The van der Waals surface area contributed by atoms with Gasteiger partial charge in [-0.25, -0.2) is 0 Å². The molecule has 0 rings (SSSR count). The number of allylic oxidation sites excluding steroid dienone is 1. The number of rotatable bonds is 3. The number of halogens is 3. The molecular weight excluding hydrogens is 189 g/mol. The first-order valence-corrected chi connectivity index (χ1v) is 3.37. The molecule has 76 valence electrons. The highest BCUT2D eigenvalue weighted by Gasteiger charge is 2.54. The van der Waals surface area contributed by atoms with Gasteiger partial charge in [0.15, 0.2) is 0 Å². The first-order chi connectivity index (χ1) is 5.75. The Kier molecular flexibility index (Phi) is 3.48. The van der Waals surface area contributed by atoms with E-state index in [4.69, 9.17) is 5.11 Å². The van der Waals surface area contributed by atoms with Crippen molar-refractivity contribution in [3.8, 4) is 0 Å². The molecule has 0 aliphatic heterocycles. The SMILES string of the molecule is CC=CCC(O)(C(=O)[O-])C(F)(F)F. The highest BCUT2D eigenvalue weighted by Crippen LogP contribution is 2.32. The summed E-state index contributed by atoms with van der Waals surface area (Å²) in [5, 5.41) is 18.8. The number of carboxylic acid groups (broad SMARTS) is 1. The van der Waals surface area contributed by atoms with Gasteiger partial charge in [0.05, 0.1) is 5.97 Å². The topological polar surface area (TPSA) is 60.4 Å². The molecule has 0 amide bonds. The average molecular weight is 197 g/mol. The van der Waals surface area contributed by atoms with Gasteiger partial charge >= 0.3 is 6.18 Å². The number of hydrogen-bond acceptors (Lipinski definition) is 3. The standard InChI is InChI=1S/C7H9F3O3/c1-2-3-4-6(13,5(11)12)7(8,9)10/h2-3,13H,4H2,1H3,(H,11,12)/p-1. The van der Waals surface area contributed by atoms with Crippen molar-refractivity contribution in [1.29, 1.82) is 0 Å². The van der Waals surface area contributed by atoms with Crippen LogP contribution in [0.15, 0.2) is 12.2 Å². The van der Waals surface area contributed by atoms with Gasteiger partial charge in [-0.05, 0) is 6.92 Å². The van der Waals surface area contributed by atoms with Crippen LogP contribution >= 0.6 is 0 Å². The quantitative estimate of drug-likeness (QED) is 0.647. The Morgan fingerprint density at radius 1 is 1.54 bits per heavy atom. The molecule has 0 bridgehead atoms. The fraction of sp³-hybridized carbons (Fsp3) is 0.571. The zero-order valence-electron chi connectivity index (χ0n) is 6.76. The van der Waals surface area contributed by atoms with Gasteiger partial charge in [-0.2, -0.15) is 13.2 Å². The molecule has 0 radical (unpaired) electrons. The molecule has 0 aliphatic rings. The van der Waals surface area contributed by atoms with Crippen LogP contribution in [-0.4, -0.2) is 22.9 Å². The molecule has 0 saturated carbocycles. The number of aliphatic carboxylic acids is 1. The van der Waals surface area contributed by atoms with Crippen molar-refractivity contribution in [3.05, 3.63) is 12.2 Å². The summed E-state index contributed by atoms with van der Waals surface area (Å²) in [6, 6.07) is 0. The minimum atomic E-state index is -5.23. The zero-order chi connectivity index (χ0) is 10.7. The second-order valence-corrected chi connectivity index (χ2v) is 2.42. The average Bonchev–Trinajstić information content (AvgIpc) is 1.97. The molecule has 0 spiro atoms. The van der Waals surface area contributed by atoms with E-state index in [1.807, 2.05) is 0 Å². The van der Waals surface area contributed by atoms with E-state index < -0.39 is 24.2 Å². The van der Waals surface area contributed by atoms with Gasteiger partial charge < -0.3 is 15.0 Å². The Hall–Kier alpha value is -1.04. The Bertz CT molecular complexity index is 222. The van der Waals surface area contributed by atoms with Gasteiger partial charge in [-0.1, -0.05) is 12.2 Å². The summed E-state index contributed by atoms with van der Waals surface area (Å²) in [4.78, 5) is 10.1. The van der Waals surface area contributed by atoms with Gasteiger partial charge in [0, 0.05) is 6.42 Å². The molecule has 3 nitrogen and oxygen atoms in total. The predicted molar refractivity (Wildman–Crippen MR) is 35.4 cm³/mol. The van der Waals surface area contributed by atoms with Crippen LogP contribution in [0.2, 0.25) is 0 Å². The maximum atomic E-state index is 12.0. The van der Waals surface area contributed by atoms with Crippen molar-refractivity contribution in [2.45, 2.75) is 25.1 Å². The van der Waals surface area contributed by atoms with E-state index in [1.165, 1.54) is 13.0 Å². The van der Waals surface area contributed by atoms with E-state index in [1.54, 1.807) is 0 Å². The van der Waals surface area contributed by atoms with E-state index in [-0.39, 0.29) is 0 Å². The molecule has 0 fully saturated rings. The molecule has 1 unspecified atom stereocenters. The van der Waals surface area contributed by atoms with E-state index >= 15 is 0 Å². The molecular formula is C7H8F3O3-. The van der Waals surface area contributed by atoms with Gasteiger partial charge in [0.1, 0.15) is 0 Å². The maximum Gasteiger partial charge on any atom is 0.422 e. The number of aliphatic hydroxyl groups is 1. The molecule has 1 atom stereocenters. The fourth-order valence-corrected chi connectivity index (χ4v) is 0.603. The molecule has 0 aromatic carbocycles. The fourth-order valence-electron chi connectivity index (χ4n) is 0.603. The second kappa shape index (κ2) is 3.78. The Morgan fingerprint density at radius 2 is 2.00 bits per heavy atom. The third kappa shape index (κ3) is 2.45. The van der Waals surface area contributed by atoms with Crippen LogP contribution in [-0.2, 0) is 4.79 Å². The van der Waals surface area contributed by atoms with Crippen molar-refractivity contribution in [3.63, 3.8) is 0 Å². The van der Waals surface area contributed by atoms with Crippen LogP contribution in [0.1, 0.15) is 13.3 Å². The molecule has 0 aromatic rings. The Morgan fingerprint density at radius 3 is 2.23 bits per heavy atom. The lowest BCUT2D eigenvalue weighted by molar-refractivity contribution is -0.353. The number of carboxylic acids is 1. The van der Waals surface area contributed by atoms with E-state index in [0.29, 0.717) is 0 Å². The van der Waals surface area contributed by atoms with Crippen molar-refractivity contribution in [2.75, 3.05) is 0 Å². The van der Waals surface area contributed by atoms with Crippen molar-refractivity contribution in [2.24, 2.45) is 0 Å². The normalized spacial score (nSPS) is 17.3. The summed E-state index contributed by atoms with van der Waals surface area (Å²) >= 11 is 0. The first-order valence-electron chi connectivity index (χ1n) is 3.37. The van der Waals surface area contributed by atoms with Gasteiger partial charge in [0.25, 0.3) is 0 Å². The van der Waals surface area contributed by atoms with E-state index in [0.717, 1.165) is 6.08 Å². The molecule has 0 aromatic heterocycles. The first kappa shape index (κ1) is 12.0. The lowest BCUT2D eigenvalue weighted by Crippen LogP contribution is -2.58. The van der Waals surface area contributed by atoms with Gasteiger partial charge in [-0.3, -0.25) is 0 Å². The van der Waals surface area contributed by atoms with Crippen LogP contribution in [0.25, 0.3) is 0 Å². The van der Waals surface area contributed by atoms with Crippen molar-refractivity contribution >= 4 is 5.97 Å². The van der Waals surface area contributed by atoms with Crippen LogP contribution in [0.3, 0.4) is 0 Å². The zero-order valence-corrected chi connectivity index (χ0v) is 6.76. The monoisotopic (exact) mass is 197 g/mol. The largest absolute Gasteiger partial charge is 0.547 e. The summed E-state index contributed by atoms with van der Waals surface area (Å²) in [7, 11) is 0. The Labute approximate surface area is 72.5 Å². The summed E-state index contributed by atoms with van der Waals surface area (Å²) in [6.45, 7) is 1.41. The van der Waals surface area contributed by atoms with Crippen molar-refractivity contribution < 1.29 is 28.2 Å². The van der Waals surface area contributed by atoms with Crippen LogP contribution in [0, 0.1) is 0 Å². The number of carbonyl (C=O) groups excluding carboxylic acids is 1. The molecule has 13 heavy (non-hydrogen) atoms. The lowest BCUT2D eigenvalue weighted by Gasteiger charge is -2.30. The predicted octanol–water partition coefficient (Wildman–Crippen LogP) is -0.00410. The number of alkyl halides is 3. The summed E-state index contributed by atoms with van der Waals surface area (Å²) in [6.07, 6.45) is -4.16. The highest BCUT2D eigenvalue weighted by molar-refractivity contribution is 5.76. The molecule has 0 saturated heterocycles. The number of carbonyl (C=O) groups is 1. The second-order valence-electron chi connectivity index (χ2n) is 2.42. The molecule has 1 N–H and O–H groups in total. The molecule has 0 aliphatic carbocycles. The minimum absolute atomic E-state index is 0.906. The smallest absolute Gasteiger partial charge is 0.422 e. The van der Waals surface area contributed by atoms with E-state index in [2.05, 4.69) is 0 Å². The van der Waals surface area contributed by atoms with Crippen LogP contribution < -0.4 is 5.11 Å². The Balaban J connectivity index is 4.85. The molecule has 0 heterocycles. The van der Waals surface area contributed by atoms with E-state index in [9.17, 15) is 23.1 Å². The summed E-state index contributed by atoms with van der Waals surface area (Å²) < 4.78 is 35.9. The van der Waals surface area contributed by atoms with Crippen molar-refractivity contribution in [1.82, 2.24) is 0 Å². The third-order valence-corrected chi connectivity index (χ3v) is 1.46. The van der Waals surface area contributed by atoms with Gasteiger partial charge in [0.2, 0.25) is 5.60 Å². The number of hydrogen-bond donors (Lipinski definition) is 1. The van der Waals surface area contributed by atoms with Crippen LogP contribution in [0.4, 0.5) is 13.2 Å². The minimum Gasteiger partial charge on any atom is -0.547 e.